The number of benzene rings is 2. The van der Waals surface area contributed by atoms with E-state index in [1.807, 2.05) is 0 Å². The van der Waals surface area contributed by atoms with E-state index in [1.54, 1.807) is 18.3 Å². The molecule has 0 unspecified atom stereocenters. The van der Waals surface area contributed by atoms with Crippen LogP contribution in [-0.2, 0) is 0 Å². The number of carbonyl (C=O) groups excluding carboxylic acids is 1. The van der Waals surface area contributed by atoms with Crippen LogP contribution in [0.2, 0.25) is 5.02 Å². The molecule has 0 fully saturated rings. The van der Waals surface area contributed by atoms with Crippen LogP contribution in [-0.4, -0.2) is 27.5 Å². The van der Waals surface area contributed by atoms with Crippen LogP contribution in [0.25, 0.3) is 5.69 Å². The number of aromatic nitrogens is 2. The molecule has 9 heteroatoms. The Morgan fingerprint density at radius 2 is 2.12 bits per heavy atom. The monoisotopic (exact) mass is 372 g/mol. The zero-order valence-corrected chi connectivity index (χ0v) is 14.3. The quantitative estimate of drug-likeness (QED) is 0.543. The number of ether oxygens (including phenoxy) is 1. The molecule has 0 atom stereocenters. The largest absolute Gasteiger partial charge is 0.495 e. The molecule has 0 spiro atoms. The summed E-state index contributed by atoms with van der Waals surface area (Å²) in [5.41, 5.74) is 0.703. The zero-order chi connectivity index (χ0) is 18.7. The fourth-order valence-electron chi connectivity index (χ4n) is 2.38. The lowest BCUT2D eigenvalue weighted by Gasteiger charge is -2.09. The Bertz CT molecular complexity index is 973. The topological polar surface area (TPSA) is 99.3 Å². The van der Waals surface area contributed by atoms with Crippen molar-refractivity contribution in [3.63, 3.8) is 0 Å². The van der Waals surface area contributed by atoms with Crippen LogP contribution in [0.3, 0.4) is 0 Å². The van der Waals surface area contributed by atoms with E-state index in [0.717, 1.165) is 0 Å². The van der Waals surface area contributed by atoms with Crippen LogP contribution in [0, 0.1) is 10.1 Å². The minimum Gasteiger partial charge on any atom is -0.495 e. The van der Waals surface area contributed by atoms with Crippen LogP contribution >= 0.6 is 11.6 Å². The molecule has 0 saturated heterocycles. The molecule has 0 aliphatic carbocycles. The molecule has 3 aromatic rings. The highest BCUT2D eigenvalue weighted by molar-refractivity contribution is 6.32. The SMILES string of the molecule is COc1ccc(NC(=O)c2ccc(-n3ccnc3)c([N+](=O)[O-])c2)cc1Cl. The zero-order valence-electron chi connectivity index (χ0n) is 13.5. The van der Waals surface area contributed by atoms with Gasteiger partial charge >= 0.3 is 0 Å². The molecular weight excluding hydrogens is 360 g/mol. The van der Waals surface area contributed by atoms with Gasteiger partial charge in [-0.2, -0.15) is 0 Å². The minimum absolute atomic E-state index is 0.146. The molecule has 1 heterocycles. The molecule has 1 aromatic heterocycles. The second-order valence-corrected chi connectivity index (χ2v) is 5.64. The summed E-state index contributed by atoms with van der Waals surface area (Å²) in [7, 11) is 1.49. The minimum atomic E-state index is -0.545. The summed E-state index contributed by atoms with van der Waals surface area (Å²) in [4.78, 5) is 27.1. The van der Waals surface area contributed by atoms with E-state index in [0.29, 0.717) is 22.1 Å². The van der Waals surface area contributed by atoms with E-state index in [-0.39, 0.29) is 11.3 Å². The maximum atomic E-state index is 12.4. The summed E-state index contributed by atoms with van der Waals surface area (Å²) in [5.74, 6) is -0.0171. The average Bonchev–Trinajstić information content (AvgIpc) is 3.15. The molecule has 8 nitrogen and oxygen atoms in total. The van der Waals surface area contributed by atoms with E-state index < -0.39 is 10.8 Å². The van der Waals surface area contributed by atoms with Crippen molar-refractivity contribution in [3.05, 3.63) is 75.8 Å². The van der Waals surface area contributed by atoms with Gasteiger partial charge < -0.3 is 14.6 Å². The van der Waals surface area contributed by atoms with Crippen molar-refractivity contribution in [2.24, 2.45) is 0 Å². The molecule has 0 radical (unpaired) electrons. The van der Waals surface area contributed by atoms with Crippen molar-refractivity contribution < 1.29 is 14.5 Å². The fourth-order valence-corrected chi connectivity index (χ4v) is 2.64. The lowest BCUT2D eigenvalue weighted by Crippen LogP contribution is -2.12. The lowest BCUT2D eigenvalue weighted by molar-refractivity contribution is -0.384. The first-order valence-electron chi connectivity index (χ1n) is 7.41. The molecule has 0 saturated carbocycles. The molecule has 0 aliphatic rings. The number of halogens is 1. The van der Waals surface area contributed by atoms with E-state index in [9.17, 15) is 14.9 Å². The Morgan fingerprint density at radius 3 is 2.73 bits per heavy atom. The second kappa shape index (κ2) is 7.24. The van der Waals surface area contributed by atoms with Gasteiger partial charge in [0.15, 0.2) is 0 Å². The number of nitrogens with one attached hydrogen (secondary N) is 1. The smallest absolute Gasteiger partial charge is 0.294 e. The summed E-state index contributed by atoms with van der Waals surface area (Å²) in [6, 6.07) is 8.99. The Hall–Kier alpha value is -3.39. The van der Waals surface area contributed by atoms with Crippen LogP contribution in [0.1, 0.15) is 10.4 Å². The van der Waals surface area contributed by atoms with Gasteiger partial charge in [0, 0.05) is 29.7 Å². The normalized spacial score (nSPS) is 10.4. The first kappa shape index (κ1) is 17.4. The third-order valence-corrected chi connectivity index (χ3v) is 3.92. The Morgan fingerprint density at radius 1 is 1.31 bits per heavy atom. The number of nitrogens with zero attached hydrogens (tertiary/aromatic N) is 3. The van der Waals surface area contributed by atoms with Crippen molar-refractivity contribution in [1.29, 1.82) is 0 Å². The fraction of sp³-hybridized carbons (Fsp3) is 0.0588. The number of carbonyl (C=O) groups is 1. The summed E-state index contributed by atoms with van der Waals surface area (Å²) in [5, 5.41) is 14.4. The number of amides is 1. The van der Waals surface area contributed by atoms with Gasteiger partial charge in [0.25, 0.3) is 11.6 Å². The molecule has 1 amide bonds. The van der Waals surface area contributed by atoms with E-state index >= 15 is 0 Å². The first-order valence-corrected chi connectivity index (χ1v) is 7.79. The summed E-state index contributed by atoms with van der Waals surface area (Å²) in [6.07, 6.45) is 4.54. The highest BCUT2D eigenvalue weighted by Gasteiger charge is 2.19. The van der Waals surface area contributed by atoms with Crippen LogP contribution in [0.4, 0.5) is 11.4 Å². The molecule has 2 aromatic carbocycles. The number of nitro benzene ring substituents is 1. The maximum Gasteiger partial charge on any atom is 0.294 e. The average molecular weight is 373 g/mol. The number of methoxy groups -OCH3 is 1. The Kier molecular flexibility index (Phi) is 4.85. The van der Waals surface area contributed by atoms with Crippen LogP contribution in [0.5, 0.6) is 5.75 Å². The van der Waals surface area contributed by atoms with Crippen LogP contribution < -0.4 is 10.1 Å². The van der Waals surface area contributed by atoms with Gasteiger partial charge in [-0.25, -0.2) is 4.98 Å². The number of hydrogen-bond donors (Lipinski definition) is 1. The van der Waals surface area contributed by atoms with Gasteiger partial charge in [0.2, 0.25) is 0 Å². The number of hydrogen-bond acceptors (Lipinski definition) is 5. The molecule has 26 heavy (non-hydrogen) atoms. The molecule has 1 N–H and O–H groups in total. The third-order valence-electron chi connectivity index (χ3n) is 3.63. The van der Waals surface area contributed by atoms with Crippen LogP contribution in [0.15, 0.2) is 55.1 Å². The first-order chi connectivity index (χ1) is 12.5. The molecule has 0 bridgehead atoms. The van der Waals surface area contributed by atoms with Crippen molar-refractivity contribution in [1.82, 2.24) is 9.55 Å². The maximum absolute atomic E-state index is 12.4. The highest BCUT2D eigenvalue weighted by atomic mass is 35.5. The number of rotatable bonds is 5. The standard InChI is InChI=1S/C17H13ClN4O4/c1-26-16-5-3-12(9-13(16)18)20-17(23)11-2-4-14(15(8-11)22(24)25)21-7-6-19-10-21/h2-10H,1H3,(H,20,23). The number of imidazole rings is 1. The Balaban J connectivity index is 1.89. The van der Waals surface area contributed by atoms with Gasteiger partial charge in [-0.05, 0) is 30.3 Å². The van der Waals surface area contributed by atoms with E-state index in [2.05, 4.69) is 10.3 Å². The molecular formula is C17H13ClN4O4. The number of nitro groups is 1. The predicted octanol–water partition coefficient (Wildman–Crippen LogP) is 3.69. The second-order valence-electron chi connectivity index (χ2n) is 5.23. The molecule has 0 aliphatic heterocycles. The van der Waals surface area contributed by atoms with Crippen molar-refractivity contribution in [2.75, 3.05) is 12.4 Å². The van der Waals surface area contributed by atoms with Gasteiger partial charge in [-0.1, -0.05) is 11.6 Å². The summed E-state index contributed by atoms with van der Waals surface area (Å²) < 4.78 is 6.56. The summed E-state index contributed by atoms with van der Waals surface area (Å²) >= 11 is 6.03. The van der Waals surface area contributed by atoms with Gasteiger partial charge in [-0.3, -0.25) is 14.9 Å². The summed E-state index contributed by atoms with van der Waals surface area (Å²) in [6.45, 7) is 0. The Labute approximate surface area is 153 Å². The molecule has 3 rings (SSSR count). The van der Waals surface area contributed by atoms with Gasteiger partial charge in [0.05, 0.1) is 23.4 Å². The van der Waals surface area contributed by atoms with Crippen molar-refractivity contribution >= 4 is 28.9 Å². The van der Waals surface area contributed by atoms with E-state index in [4.69, 9.17) is 16.3 Å². The third kappa shape index (κ3) is 3.50. The van der Waals surface area contributed by atoms with Crippen molar-refractivity contribution in [3.8, 4) is 11.4 Å². The van der Waals surface area contributed by atoms with Gasteiger partial charge in [-0.15, -0.1) is 0 Å². The predicted molar refractivity (Wildman–Crippen MR) is 96.2 cm³/mol. The van der Waals surface area contributed by atoms with Crippen molar-refractivity contribution in [2.45, 2.75) is 0 Å². The lowest BCUT2D eigenvalue weighted by atomic mass is 10.1. The highest BCUT2D eigenvalue weighted by Crippen LogP contribution is 2.28. The van der Waals surface area contributed by atoms with Gasteiger partial charge in [0.1, 0.15) is 11.4 Å². The number of anilines is 1. The van der Waals surface area contributed by atoms with E-state index in [1.165, 1.54) is 48.5 Å². The molecule has 132 valence electrons.